The minimum absolute atomic E-state index is 0.0580. The number of hydrogen-bond acceptors (Lipinski definition) is 8. The second-order valence-corrected chi connectivity index (χ2v) is 7.89. The van der Waals surface area contributed by atoms with E-state index in [1.165, 1.54) is 12.1 Å². The third-order valence-electron chi connectivity index (χ3n) is 5.37. The van der Waals surface area contributed by atoms with E-state index in [1.807, 2.05) is 6.07 Å². The van der Waals surface area contributed by atoms with Crippen LogP contribution in [0, 0.1) is 10.1 Å². The molecule has 0 unspecified atom stereocenters. The van der Waals surface area contributed by atoms with Gasteiger partial charge >= 0.3 is 5.69 Å². The lowest BCUT2D eigenvalue weighted by Gasteiger charge is -2.26. The number of morpholine rings is 1. The highest BCUT2D eigenvalue weighted by molar-refractivity contribution is 6.48. The highest BCUT2D eigenvalue weighted by atomic mass is 35.5. The SMILES string of the molecule is O=C(Nc1nc(Cl)ccc1[N+](=O)[O-])C(=O)c1ccc(OCCN2CCOCC2)c2ccccc12. The van der Waals surface area contributed by atoms with Crippen LogP contribution in [-0.2, 0) is 9.53 Å². The first-order valence-electron chi connectivity index (χ1n) is 10.6. The van der Waals surface area contributed by atoms with Crippen LogP contribution in [0.25, 0.3) is 10.8 Å². The van der Waals surface area contributed by atoms with E-state index in [-0.39, 0.29) is 10.7 Å². The van der Waals surface area contributed by atoms with E-state index < -0.39 is 28.1 Å². The number of anilines is 1. The normalized spacial score (nSPS) is 14.0. The number of rotatable bonds is 8. The number of Topliss-reactive ketones (excluding diaryl/α,β-unsaturated/α-hetero) is 1. The predicted octanol–water partition coefficient (Wildman–Crippen LogP) is 3.33. The molecule has 0 bridgehead atoms. The Bertz CT molecular complexity index is 1250. The zero-order valence-corrected chi connectivity index (χ0v) is 18.8. The Kier molecular flexibility index (Phi) is 7.31. The smallest absolute Gasteiger partial charge is 0.311 e. The summed E-state index contributed by atoms with van der Waals surface area (Å²) in [6.45, 7) is 4.32. The number of nitrogens with one attached hydrogen (secondary N) is 1. The molecule has 1 fully saturated rings. The Labute approximate surface area is 199 Å². The van der Waals surface area contributed by atoms with E-state index in [4.69, 9.17) is 21.1 Å². The molecule has 34 heavy (non-hydrogen) atoms. The molecule has 10 nitrogen and oxygen atoms in total. The Balaban J connectivity index is 1.53. The van der Waals surface area contributed by atoms with Crippen molar-refractivity contribution in [1.82, 2.24) is 9.88 Å². The van der Waals surface area contributed by atoms with Gasteiger partial charge in [0.1, 0.15) is 17.5 Å². The molecule has 3 aromatic rings. The van der Waals surface area contributed by atoms with Gasteiger partial charge in [0, 0.05) is 36.7 Å². The van der Waals surface area contributed by atoms with Crippen LogP contribution in [0.4, 0.5) is 11.5 Å². The zero-order valence-electron chi connectivity index (χ0n) is 18.0. The van der Waals surface area contributed by atoms with Crippen molar-refractivity contribution in [3.8, 4) is 5.75 Å². The summed E-state index contributed by atoms with van der Waals surface area (Å²) in [6, 6.07) is 12.6. The molecule has 2 heterocycles. The second kappa shape index (κ2) is 10.6. The Morgan fingerprint density at radius 1 is 1.12 bits per heavy atom. The fraction of sp³-hybridized carbons (Fsp3) is 0.261. The molecule has 1 saturated heterocycles. The molecule has 0 atom stereocenters. The van der Waals surface area contributed by atoms with Crippen molar-refractivity contribution in [3.05, 3.63) is 69.4 Å². The van der Waals surface area contributed by atoms with Gasteiger partial charge in [0.05, 0.1) is 18.1 Å². The lowest BCUT2D eigenvalue weighted by molar-refractivity contribution is -0.384. The zero-order chi connectivity index (χ0) is 24.1. The Hall–Kier alpha value is -3.60. The quantitative estimate of drug-likeness (QED) is 0.170. The van der Waals surface area contributed by atoms with Crippen molar-refractivity contribution in [1.29, 1.82) is 0 Å². The van der Waals surface area contributed by atoms with Gasteiger partial charge in [-0.3, -0.25) is 29.9 Å². The molecule has 0 saturated carbocycles. The van der Waals surface area contributed by atoms with E-state index in [0.717, 1.165) is 25.7 Å². The Morgan fingerprint density at radius 2 is 1.85 bits per heavy atom. The number of carbonyl (C=O) groups is 2. The monoisotopic (exact) mass is 484 g/mol. The summed E-state index contributed by atoms with van der Waals surface area (Å²) < 4.78 is 11.3. The van der Waals surface area contributed by atoms with Crippen LogP contribution in [0.3, 0.4) is 0 Å². The standard InChI is InChI=1S/C23H21ClN4O6/c24-20-8-6-18(28(31)32)22(25-20)26-23(30)21(29)17-5-7-19(16-4-2-1-3-15(16)17)34-14-11-27-9-12-33-13-10-27/h1-8H,9-14H2,(H,25,26,30). The number of fused-ring (bicyclic) bond motifs is 1. The number of ether oxygens (including phenoxy) is 2. The van der Waals surface area contributed by atoms with Gasteiger partial charge in [-0.25, -0.2) is 4.98 Å². The molecule has 1 aromatic heterocycles. The van der Waals surface area contributed by atoms with Gasteiger partial charge in [0.15, 0.2) is 0 Å². The molecule has 1 amide bonds. The maximum atomic E-state index is 13.0. The first-order valence-corrected chi connectivity index (χ1v) is 10.9. The summed E-state index contributed by atoms with van der Waals surface area (Å²) >= 11 is 5.80. The van der Waals surface area contributed by atoms with E-state index >= 15 is 0 Å². The van der Waals surface area contributed by atoms with Gasteiger partial charge in [-0.1, -0.05) is 35.9 Å². The highest BCUT2D eigenvalue weighted by Gasteiger charge is 2.24. The summed E-state index contributed by atoms with van der Waals surface area (Å²) in [6.07, 6.45) is 0. The molecule has 0 radical (unpaired) electrons. The van der Waals surface area contributed by atoms with E-state index in [1.54, 1.807) is 24.3 Å². The molecule has 4 rings (SSSR count). The maximum Gasteiger partial charge on any atom is 0.311 e. The van der Waals surface area contributed by atoms with E-state index in [9.17, 15) is 19.7 Å². The molecule has 0 aliphatic carbocycles. The van der Waals surface area contributed by atoms with Gasteiger partial charge in [-0.2, -0.15) is 0 Å². The van der Waals surface area contributed by atoms with Crippen LogP contribution in [-0.4, -0.2) is 66.0 Å². The number of hydrogen-bond donors (Lipinski definition) is 1. The highest BCUT2D eigenvalue weighted by Crippen LogP contribution is 2.30. The van der Waals surface area contributed by atoms with Crippen LogP contribution in [0.5, 0.6) is 5.75 Å². The van der Waals surface area contributed by atoms with Crippen LogP contribution in [0.1, 0.15) is 10.4 Å². The maximum absolute atomic E-state index is 13.0. The van der Waals surface area contributed by atoms with Crippen molar-refractivity contribution in [2.75, 3.05) is 44.8 Å². The molecular formula is C23H21ClN4O6. The number of pyridine rings is 1. The predicted molar refractivity (Wildman–Crippen MR) is 126 cm³/mol. The van der Waals surface area contributed by atoms with E-state index in [2.05, 4.69) is 15.2 Å². The molecule has 1 aliphatic heterocycles. The average Bonchev–Trinajstić information content (AvgIpc) is 2.84. The van der Waals surface area contributed by atoms with Crippen molar-refractivity contribution in [2.24, 2.45) is 0 Å². The minimum Gasteiger partial charge on any atom is -0.492 e. The fourth-order valence-corrected chi connectivity index (χ4v) is 3.81. The van der Waals surface area contributed by atoms with Crippen LogP contribution in [0.15, 0.2) is 48.5 Å². The van der Waals surface area contributed by atoms with Gasteiger partial charge in [0.2, 0.25) is 5.82 Å². The minimum atomic E-state index is -1.07. The number of nitrogens with zero attached hydrogens (tertiary/aromatic N) is 3. The largest absolute Gasteiger partial charge is 0.492 e. The van der Waals surface area contributed by atoms with Crippen molar-refractivity contribution in [2.45, 2.75) is 0 Å². The lowest BCUT2D eigenvalue weighted by Crippen LogP contribution is -2.38. The third kappa shape index (κ3) is 5.30. The van der Waals surface area contributed by atoms with Crippen LogP contribution in [0.2, 0.25) is 5.15 Å². The van der Waals surface area contributed by atoms with Crippen molar-refractivity contribution < 1.29 is 24.0 Å². The van der Waals surface area contributed by atoms with E-state index in [0.29, 0.717) is 36.3 Å². The number of carbonyl (C=O) groups excluding carboxylic acids is 2. The summed E-state index contributed by atoms with van der Waals surface area (Å²) in [5, 5.41) is 14.6. The number of aromatic nitrogens is 1. The van der Waals surface area contributed by atoms with Gasteiger partial charge in [0.25, 0.3) is 11.7 Å². The van der Waals surface area contributed by atoms with Gasteiger partial charge in [-0.05, 0) is 23.6 Å². The van der Waals surface area contributed by atoms with Gasteiger partial charge < -0.3 is 9.47 Å². The summed E-state index contributed by atoms with van der Waals surface area (Å²) in [7, 11) is 0. The molecule has 2 aromatic carbocycles. The van der Waals surface area contributed by atoms with Crippen molar-refractivity contribution >= 4 is 45.6 Å². The van der Waals surface area contributed by atoms with Gasteiger partial charge in [-0.15, -0.1) is 0 Å². The molecule has 0 spiro atoms. The first kappa shape index (κ1) is 23.6. The topological polar surface area (TPSA) is 124 Å². The summed E-state index contributed by atoms with van der Waals surface area (Å²) in [5.74, 6) is -1.74. The number of amides is 1. The average molecular weight is 485 g/mol. The fourth-order valence-electron chi connectivity index (χ4n) is 3.66. The number of halogens is 1. The Morgan fingerprint density at radius 3 is 2.59 bits per heavy atom. The third-order valence-corrected chi connectivity index (χ3v) is 5.58. The molecule has 176 valence electrons. The number of nitro groups is 1. The summed E-state index contributed by atoms with van der Waals surface area (Å²) in [4.78, 5) is 42.1. The molecular weight excluding hydrogens is 464 g/mol. The molecule has 1 aliphatic rings. The number of ketones is 1. The summed E-state index contributed by atoms with van der Waals surface area (Å²) in [5.41, 5.74) is -0.335. The second-order valence-electron chi connectivity index (χ2n) is 7.50. The first-order chi connectivity index (χ1) is 16.4. The van der Waals surface area contributed by atoms with Crippen LogP contribution < -0.4 is 10.1 Å². The van der Waals surface area contributed by atoms with Crippen LogP contribution >= 0.6 is 11.6 Å². The molecule has 11 heteroatoms. The van der Waals surface area contributed by atoms with Crippen molar-refractivity contribution in [3.63, 3.8) is 0 Å². The lowest BCUT2D eigenvalue weighted by atomic mass is 10.00. The number of benzene rings is 2. The molecule has 1 N–H and O–H groups in total.